The highest BCUT2D eigenvalue weighted by molar-refractivity contribution is 6.14. The minimum Gasteiger partial charge on any atom is -0.308 e. The van der Waals surface area contributed by atoms with Crippen LogP contribution in [0.2, 0.25) is 0 Å². The van der Waals surface area contributed by atoms with E-state index in [0.29, 0.717) is 17.5 Å². The molecule has 0 N–H and O–H groups in total. The molecule has 0 amide bonds. The topological polar surface area (TPSA) is 43.6 Å². The van der Waals surface area contributed by atoms with Gasteiger partial charge in [0, 0.05) is 38.3 Å². The Kier molecular flexibility index (Phi) is 4.71. The van der Waals surface area contributed by atoms with Crippen molar-refractivity contribution in [2.45, 2.75) is 38.5 Å². The average Bonchev–Trinajstić information content (AvgIpc) is 3.38. The molecule has 0 fully saturated rings. The molecule has 0 spiro atoms. The Balaban J connectivity index is 1.40. The van der Waals surface area contributed by atoms with E-state index in [1.54, 1.807) is 0 Å². The average molecular weight is 555 g/mol. The first kappa shape index (κ1) is 24.5. The van der Waals surface area contributed by atoms with E-state index in [1.165, 1.54) is 49.7 Å². The number of hydrogen-bond acceptors (Lipinski definition) is 3. The molecular weight excluding hydrogens is 524 g/mol. The summed E-state index contributed by atoms with van der Waals surface area (Å²) < 4.78 is 2.55. The first-order chi connectivity index (χ1) is 20.8. The lowest BCUT2D eigenvalue weighted by atomic mass is 9.68. The lowest BCUT2D eigenvalue weighted by Crippen LogP contribution is -2.33. The lowest BCUT2D eigenvalue weighted by molar-refractivity contribution is 0.593. The number of para-hydroxylation sites is 2. The molecule has 2 aliphatic heterocycles. The van der Waals surface area contributed by atoms with Crippen molar-refractivity contribution in [3.63, 3.8) is 0 Å². The van der Waals surface area contributed by atoms with Crippen molar-refractivity contribution in [1.82, 2.24) is 19.5 Å². The molecule has 0 radical (unpaired) electrons. The van der Waals surface area contributed by atoms with Gasteiger partial charge in [-0.1, -0.05) is 125 Å². The summed E-state index contributed by atoms with van der Waals surface area (Å²) in [7, 11) is 0. The molecule has 0 saturated heterocycles. The minimum atomic E-state index is -0.213. The van der Waals surface area contributed by atoms with Crippen molar-refractivity contribution in [2.75, 3.05) is 0 Å². The molecule has 0 saturated carbocycles. The van der Waals surface area contributed by atoms with Crippen LogP contribution in [-0.2, 0) is 10.8 Å². The van der Waals surface area contributed by atoms with Gasteiger partial charge in [-0.3, -0.25) is 0 Å². The van der Waals surface area contributed by atoms with Crippen molar-refractivity contribution in [3.05, 3.63) is 131 Å². The van der Waals surface area contributed by atoms with E-state index >= 15 is 0 Å². The zero-order chi connectivity index (χ0) is 29.1. The third-order valence-electron chi connectivity index (χ3n) is 9.79. The molecule has 0 bridgehead atoms. The number of benzene rings is 5. The van der Waals surface area contributed by atoms with Gasteiger partial charge in [-0.2, -0.15) is 0 Å². The van der Waals surface area contributed by atoms with Gasteiger partial charge in [0.1, 0.15) is 0 Å². The van der Waals surface area contributed by atoms with Gasteiger partial charge in [-0.15, -0.1) is 0 Å². The van der Waals surface area contributed by atoms with Gasteiger partial charge in [0.15, 0.2) is 17.5 Å². The summed E-state index contributed by atoms with van der Waals surface area (Å²) in [4.78, 5) is 15.1. The van der Waals surface area contributed by atoms with Crippen LogP contribution in [0.15, 0.2) is 109 Å². The largest absolute Gasteiger partial charge is 0.308 e. The highest BCUT2D eigenvalue weighted by Crippen LogP contribution is 2.55. The molecule has 0 unspecified atom stereocenters. The molecular formula is C39H30N4. The van der Waals surface area contributed by atoms with Crippen molar-refractivity contribution < 1.29 is 0 Å². The van der Waals surface area contributed by atoms with Gasteiger partial charge in [-0.25, -0.2) is 15.0 Å². The van der Waals surface area contributed by atoms with Crippen LogP contribution in [0.25, 0.3) is 61.7 Å². The second-order valence-corrected chi connectivity index (χ2v) is 12.9. The highest BCUT2D eigenvalue weighted by Gasteiger charge is 2.43. The number of fused-ring (bicyclic) bond motifs is 1. The molecule has 4 heteroatoms. The number of nitrogens with zero attached hydrogens (tertiary/aromatic N) is 4. The van der Waals surface area contributed by atoms with Gasteiger partial charge in [0.05, 0.1) is 16.7 Å². The fourth-order valence-electron chi connectivity index (χ4n) is 7.55. The lowest BCUT2D eigenvalue weighted by Gasteiger charge is -2.42. The Hall–Kier alpha value is -5.09. The van der Waals surface area contributed by atoms with E-state index in [0.717, 1.165) is 16.7 Å². The second-order valence-electron chi connectivity index (χ2n) is 12.9. The molecule has 0 atom stereocenters. The van der Waals surface area contributed by atoms with Gasteiger partial charge >= 0.3 is 0 Å². The van der Waals surface area contributed by atoms with Crippen LogP contribution in [0, 0.1) is 0 Å². The monoisotopic (exact) mass is 554 g/mol. The first-order valence-electron chi connectivity index (χ1n) is 15.0. The van der Waals surface area contributed by atoms with Crippen LogP contribution < -0.4 is 0 Å². The number of aromatic nitrogens is 4. The Labute approximate surface area is 250 Å². The summed E-state index contributed by atoms with van der Waals surface area (Å²) in [5.74, 6) is 2.04. The van der Waals surface area contributed by atoms with Crippen molar-refractivity contribution in [3.8, 4) is 39.9 Å². The van der Waals surface area contributed by atoms with Gasteiger partial charge in [-0.05, 0) is 34.4 Å². The molecule has 2 aliphatic rings. The Morgan fingerprint density at radius 2 is 0.930 bits per heavy atom. The van der Waals surface area contributed by atoms with Gasteiger partial charge in [0.2, 0.25) is 0 Å². The molecule has 206 valence electrons. The fraction of sp³-hybridized carbons (Fsp3) is 0.154. The molecule has 7 aromatic rings. The summed E-state index contributed by atoms with van der Waals surface area (Å²) in [6.07, 6.45) is 0. The summed E-state index contributed by atoms with van der Waals surface area (Å²) in [6, 6.07) is 38.7. The van der Waals surface area contributed by atoms with Crippen LogP contribution in [0.5, 0.6) is 0 Å². The zero-order valence-corrected chi connectivity index (χ0v) is 24.7. The summed E-state index contributed by atoms with van der Waals surface area (Å²) >= 11 is 0. The molecule has 4 heterocycles. The Morgan fingerprint density at radius 1 is 0.442 bits per heavy atom. The zero-order valence-electron chi connectivity index (χ0n) is 24.7. The van der Waals surface area contributed by atoms with Crippen LogP contribution in [0.3, 0.4) is 0 Å². The van der Waals surface area contributed by atoms with Crippen LogP contribution >= 0.6 is 0 Å². The molecule has 5 aromatic carbocycles. The summed E-state index contributed by atoms with van der Waals surface area (Å²) in [5, 5.41) is 2.53. The highest BCUT2D eigenvalue weighted by atomic mass is 15.0. The van der Waals surface area contributed by atoms with Crippen LogP contribution in [-0.4, -0.2) is 19.5 Å². The molecule has 9 rings (SSSR count). The molecule has 43 heavy (non-hydrogen) atoms. The third-order valence-corrected chi connectivity index (χ3v) is 9.79. The van der Waals surface area contributed by atoms with E-state index in [4.69, 9.17) is 15.0 Å². The predicted molar refractivity (Wildman–Crippen MR) is 175 cm³/mol. The van der Waals surface area contributed by atoms with E-state index in [9.17, 15) is 0 Å². The minimum absolute atomic E-state index is 0.102. The Bertz CT molecular complexity index is 2220. The number of hydrogen-bond donors (Lipinski definition) is 0. The van der Waals surface area contributed by atoms with Gasteiger partial charge in [0.25, 0.3) is 0 Å². The van der Waals surface area contributed by atoms with Crippen molar-refractivity contribution >= 4 is 21.8 Å². The summed E-state index contributed by atoms with van der Waals surface area (Å²) in [5.41, 5.74) is 12.0. The molecule has 2 aromatic heterocycles. The van der Waals surface area contributed by atoms with Crippen LogP contribution in [0.4, 0.5) is 0 Å². The predicted octanol–water partition coefficient (Wildman–Crippen LogP) is 9.25. The second kappa shape index (κ2) is 8.26. The third kappa shape index (κ3) is 3.18. The fourth-order valence-corrected chi connectivity index (χ4v) is 7.55. The molecule has 0 aliphatic carbocycles. The smallest absolute Gasteiger partial charge is 0.164 e. The molecule has 4 nitrogen and oxygen atoms in total. The van der Waals surface area contributed by atoms with Gasteiger partial charge < -0.3 is 4.57 Å². The van der Waals surface area contributed by atoms with E-state index in [1.807, 2.05) is 36.4 Å². The SMILES string of the molecule is CC1(C)c2cccc3c2-n2c4c1cccc4c1cc(-c4nc(-c5ccccc5)nc(-c5ccccc5)n4)cc(c12)C3(C)C. The normalized spacial score (nSPS) is 15.3. The first-order valence-corrected chi connectivity index (χ1v) is 15.0. The maximum atomic E-state index is 5.10. The summed E-state index contributed by atoms with van der Waals surface area (Å²) in [6.45, 7) is 9.47. The van der Waals surface area contributed by atoms with Crippen LogP contribution in [0.1, 0.15) is 49.9 Å². The quantitative estimate of drug-likeness (QED) is 0.219. The number of rotatable bonds is 3. The van der Waals surface area contributed by atoms with E-state index in [-0.39, 0.29) is 10.8 Å². The van der Waals surface area contributed by atoms with E-state index < -0.39 is 0 Å². The van der Waals surface area contributed by atoms with Crippen molar-refractivity contribution in [2.24, 2.45) is 0 Å². The Morgan fingerprint density at radius 3 is 1.53 bits per heavy atom. The maximum absolute atomic E-state index is 5.10. The van der Waals surface area contributed by atoms with Crippen molar-refractivity contribution in [1.29, 1.82) is 0 Å². The van der Waals surface area contributed by atoms with E-state index in [2.05, 4.69) is 105 Å². The maximum Gasteiger partial charge on any atom is 0.164 e. The standard InChI is InChI=1S/C39H30N4/c1-38(2)28-18-11-17-26-27-21-25(22-31-33(27)43(32(26)28)34-29(38)19-12-20-30(34)39(31,3)4)37-41-35(23-13-7-5-8-14-23)40-36(42-37)24-15-9-6-10-16-24/h5-22H,1-4H3.